The summed E-state index contributed by atoms with van der Waals surface area (Å²) in [5.74, 6) is 0.782. The molecule has 0 bridgehead atoms. The predicted molar refractivity (Wildman–Crippen MR) is 76.9 cm³/mol. The zero-order valence-electron chi connectivity index (χ0n) is 11.6. The molecule has 2 aromatic rings. The minimum Gasteiger partial charge on any atom is -0.331 e. The molecule has 1 amide bonds. The van der Waals surface area contributed by atoms with Crippen LogP contribution in [-0.4, -0.2) is 22.0 Å². The maximum absolute atomic E-state index is 12.0. The van der Waals surface area contributed by atoms with Crippen molar-refractivity contribution in [3.05, 3.63) is 24.0 Å². The van der Waals surface area contributed by atoms with Gasteiger partial charge in [-0.25, -0.2) is 4.98 Å². The van der Waals surface area contributed by atoms with Gasteiger partial charge < -0.3 is 15.6 Å². The van der Waals surface area contributed by atoms with Crippen LogP contribution >= 0.6 is 0 Å². The van der Waals surface area contributed by atoms with E-state index in [9.17, 15) is 4.79 Å². The lowest BCUT2D eigenvalue weighted by Crippen LogP contribution is -2.28. The molecule has 1 aromatic carbocycles. The molecule has 0 aliphatic rings. The van der Waals surface area contributed by atoms with Gasteiger partial charge in [0.2, 0.25) is 5.91 Å². The fourth-order valence-corrected chi connectivity index (χ4v) is 2.10. The Morgan fingerprint density at radius 1 is 1.53 bits per heavy atom. The molecular weight excluding hydrogens is 240 g/mol. The minimum atomic E-state index is -0.138. The van der Waals surface area contributed by atoms with E-state index in [0.29, 0.717) is 6.54 Å². The van der Waals surface area contributed by atoms with E-state index in [1.165, 1.54) is 0 Å². The van der Waals surface area contributed by atoms with Crippen LogP contribution in [0.1, 0.15) is 19.2 Å². The Balaban J connectivity index is 2.24. The molecule has 0 spiro atoms. The van der Waals surface area contributed by atoms with Crippen LogP contribution in [0, 0.1) is 12.8 Å². The van der Waals surface area contributed by atoms with Gasteiger partial charge in [-0.1, -0.05) is 6.92 Å². The lowest BCUT2D eigenvalue weighted by molar-refractivity contribution is -0.119. The third-order valence-electron chi connectivity index (χ3n) is 3.52. The standard InChI is InChI=1S/C14H20N4O/c1-4-10(8-15)14(19)17-11-5-6-13-12(7-11)16-9(2)18(13)3/h5-7,10H,4,8,15H2,1-3H3,(H,17,19). The second-order valence-electron chi connectivity index (χ2n) is 4.75. The van der Waals surface area contributed by atoms with Crippen molar-refractivity contribution in [2.75, 3.05) is 11.9 Å². The Morgan fingerprint density at radius 3 is 2.89 bits per heavy atom. The first-order valence-corrected chi connectivity index (χ1v) is 6.50. The van der Waals surface area contributed by atoms with E-state index in [1.807, 2.05) is 43.7 Å². The number of benzene rings is 1. The number of carbonyl (C=O) groups excluding carboxylic acids is 1. The molecule has 1 aromatic heterocycles. The molecule has 1 unspecified atom stereocenters. The number of hydrogen-bond donors (Lipinski definition) is 2. The van der Waals surface area contributed by atoms with Crippen LogP contribution in [0.5, 0.6) is 0 Å². The molecule has 3 N–H and O–H groups in total. The van der Waals surface area contributed by atoms with E-state index in [-0.39, 0.29) is 11.8 Å². The van der Waals surface area contributed by atoms with Gasteiger partial charge in [0.05, 0.1) is 17.0 Å². The molecule has 102 valence electrons. The lowest BCUT2D eigenvalue weighted by atomic mass is 10.1. The fraction of sp³-hybridized carbons (Fsp3) is 0.429. The van der Waals surface area contributed by atoms with Gasteiger partial charge in [-0.2, -0.15) is 0 Å². The van der Waals surface area contributed by atoms with Crippen LogP contribution in [0.25, 0.3) is 11.0 Å². The maximum Gasteiger partial charge on any atom is 0.228 e. The molecule has 1 heterocycles. The Morgan fingerprint density at radius 2 is 2.26 bits per heavy atom. The number of nitrogens with zero attached hydrogens (tertiary/aromatic N) is 2. The molecule has 0 saturated carbocycles. The van der Waals surface area contributed by atoms with Gasteiger partial charge in [-0.15, -0.1) is 0 Å². The number of imidazole rings is 1. The summed E-state index contributed by atoms with van der Waals surface area (Å²) < 4.78 is 2.02. The largest absolute Gasteiger partial charge is 0.331 e. The van der Waals surface area contributed by atoms with Gasteiger partial charge in [0, 0.05) is 19.3 Å². The number of amides is 1. The third kappa shape index (κ3) is 2.61. The van der Waals surface area contributed by atoms with Crippen LogP contribution in [0.4, 0.5) is 5.69 Å². The molecule has 0 aliphatic carbocycles. The van der Waals surface area contributed by atoms with Gasteiger partial charge in [0.15, 0.2) is 0 Å². The summed E-state index contributed by atoms with van der Waals surface area (Å²) in [5.41, 5.74) is 8.29. The van der Waals surface area contributed by atoms with E-state index >= 15 is 0 Å². The Kier molecular flexibility index (Phi) is 3.85. The summed E-state index contributed by atoms with van der Waals surface area (Å²) >= 11 is 0. The zero-order chi connectivity index (χ0) is 14.0. The average molecular weight is 260 g/mol. The van der Waals surface area contributed by atoms with Crippen LogP contribution in [0.15, 0.2) is 18.2 Å². The highest BCUT2D eigenvalue weighted by atomic mass is 16.1. The van der Waals surface area contributed by atoms with Crippen molar-refractivity contribution < 1.29 is 4.79 Å². The van der Waals surface area contributed by atoms with Gasteiger partial charge in [-0.05, 0) is 31.5 Å². The van der Waals surface area contributed by atoms with Crippen molar-refractivity contribution in [3.8, 4) is 0 Å². The first-order chi connectivity index (χ1) is 9.06. The Labute approximate surface area is 112 Å². The van der Waals surface area contributed by atoms with Crippen molar-refractivity contribution in [3.63, 3.8) is 0 Å². The van der Waals surface area contributed by atoms with Crippen molar-refractivity contribution in [1.82, 2.24) is 9.55 Å². The second kappa shape index (κ2) is 5.40. The summed E-state index contributed by atoms with van der Waals surface area (Å²) in [7, 11) is 1.98. The van der Waals surface area contributed by atoms with Crippen molar-refractivity contribution >= 4 is 22.6 Å². The van der Waals surface area contributed by atoms with E-state index in [1.54, 1.807) is 0 Å². The fourth-order valence-electron chi connectivity index (χ4n) is 2.10. The average Bonchev–Trinajstić information content (AvgIpc) is 2.66. The van der Waals surface area contributed by atoms with Gasteiger partial charge in [0.1, 0.15) is 5.82 Å². The van der Waals surface area contributed by atoms with Crippen molar-refractivity contribution in [2.45, 2.75) is 20.3 Å². The number of hydrogen-bond acceptors (Lipinski definition) is 3. The zero-order valence-corrected chi connectivity index (χ0v) is 11.6. The number of nitrogens with two attached hydrogens (primary N) is 1. The first-order valence-electron chi connectivity index (χ1n) is 6.50. The quantitative estimate of drug-likeness (QED) is 0.880. The molecule has 0 saturated heterocycles. The Hall–Kier alpha value is -1.88. The van der Waals surface area contributed by atoms with E-state index < -0.39 is 0 Å². The normalized spacial score (nSPS) is 12.6. The number of aryl methyl sites for hydroxylation is 2. The second-order valence-corrected chi connectivity index (χ2v) is 4.75. The molecular formula is C14H20N4O. The summed E-state index contributed by atoms with van der Waals surface area (Å²) in [6.45, 7) is 4.29. The van der Waals surface area contributed by atoms with Crippen LogP contribution in [-0.2, 0) is 11.8 Å². The minimum absolute atomic E-state index is 0.0306. The van der Waals surface area contributed by atoms with Crippen molar-refractivity contribution in [2.24, 2.45) is 18.7 Å². The highest BCUT2D eigenvalue weighted by molar-refractivity contribution is 5.94. The van der Waals surface area contributed by atoms with Crippen LogP contribution < -0.4 is 11.1 Å². The maximum atomic E-state index is 12.0. The predicted octanol–water partition coefficient (Wildman–Crippen LogP) is 1.81. The molecule has 1 atom stereocenters. The van der Waals surface area contributed by atoms with Crippen LogP contribution in [0.2, 0.25) is 0 Å². The summed E-state index contributed by atoms with van der Waals surface area (Å²) in [6.07, 6.45) is 0.743. The molecule has 5 heteroatoms. The molecule has 0 aliphatic heterocycles. The monoisotopic (exact) mass is 260 g/mol. The summed E-state index contributed by atoms with van der Waals surface area (Å²) in [6, 6.07) is 5.75. The number of anilines is 1. The topological polar surface area (TPSA) is 72.9 Å². The number of aromatic nitrogens is 2. The highest BCUT2D eigenvalue weighted by Gasteiger charge is 2.15. The molecule has 5 nitrogen and oxygen atoms in total. The first kappa shape index (κ1) is 13.5. The smallest absolute Gasteiger partial charge is 0.228 e. The Bertz CT molecular complexity index is 599. The number of fused-ring (bicyclic) bond motifs is 1. The number of carbonyl (C=O) groups is 1. The van der Waals surface area contributed by atoms with Gasteiger partial charge in [-0.3, -0.25) is 4.79 Å². The van der Waals surface area contributed by atoms with E-state index in [2.05, 4.69) is 10.3 Å². The summed E-state index contributed by atoms with van der Waals surface area (Å²) in [5, 5.41) is 2.90. The number of rotatable bonds is 4. The molecule has 2 rings (SSSR count). The SMILES string of the molecule is CCC(CN)C(=O)Nc1ccc2c(c1)nc(C)n2C. The van der Waals surface area contributed by atoms with E-state index in [0.717, 1.165) is 29.0 Å². The summed E-state index contributed by atoms with van der Waals surface area (Å²) in [4.78, 5) is 16.4. The molecule has 0 radical (unpaired) electrons. The lowest BCUT2D eigenvalue weighted by Gasteiger charge is -2.12. The third-order valence-corrected chi connectivity index (χ3v) is 3.52. The van der Waals surface area contributed by atoms with Crippen molar-refractivity contribution in [1.29, 1.82) is 0 Å². The molecule has 19 heavy (non-hydrogen) atoms. The van der Waals surface area contributed by atoms with Gasteiger partial charge in [0.25, 0.3) is 0 Å². The number of nitrogens with one attached hydrogen (secondary N) is 1. The van der Waals surface area contributed by atoms with Crippen LogP contribution in [0.3, 0.4) is 0 Å². The van der Waals surface area contributed by atoms with E-state index in [4.69, 9.17) is 5.73 Å². The highest BCUT2D eigenvalue weighted by Crippen LogP contribution is 2.20. The van der Waals surface area contributed by atoms with Gasteiger partial charge >= 0.3 is 0 Å². The molecule has 0 fully saturated rings.